The minimum absolute atomic E-state index is 0.183. The number of thioether (sulfide) groups is 1. The Labute approximate surface area is 153 Å². The first-order chi connectivity index (χ1) is 12.3. The van der Waals surface area contributed by atoms with Gasteiger partial charge in [-0.3, -0.25) is 9.80 Å². The number of rotatable bonds is 4. The number of nitrogens with zero attached hydrogens (tertiary/aromatic N) is 4. The standard InChI is InChI=1S/C18H25N5OS/c1-22-7-6-19-12-16(22)17-20-18(24-21-17)15-4-2-14(3-5-15)13-23-8-10-25-11-9-23/h2-5,16,19H,6-13H2,1H3. The Morgan fingerprint density at radius 3 is 2.76 bits per heavy atom. The third-order valence-corrected chi connectivity index (χ3v) is 5.90. The topological polar surface area (TPSA) is 57.4 Å². The fraction of sp³-hybridized carbons (Fsp3) is 0.556. The van der Waals surface area contributed by atoms with Gasteiger partial charge in [0, 0.05) is 56.3 Å². The van der Waals surface area contributed by atoms with E-state index in [9.17, 15) is 0 Å². The van der Waals surface area contributed by atoms with Gasteiger partial charge in [0.15, 0.2) is 5.82 Å². The van der Waals surface area contributed by atoms with Gasteiger partial charge in [0.2, 0.25) is 0 Å². The zero-order valence-corrected chi connectivity index (χ0v) is 15.5. The molecule has 1 atom stereocenters. The van der Waals surface area contributed by atoms with Crippen molar-refractivity contribution in [1.82, 2.24) is 25.3 Å². The predicted octanol–water partition coefficient (Wildman–Crippen LogP) is 1.86. The van der Waals surface area contributed by atoms with Crippen LogP contribution in [0.4, 0.5) is 0 Å². The summed E-state index contributed by atoms with van der Waals surface area (Å²) < 4.78 is 5.51. The molecule has 134 valence electrons. The Balaban J connectivity index is 1.43. The van der Waals surface area contributed by atoms with E-state index in [-0.39, 0.29) is 6.04 Å². The minimum Gasteiger partial charge on any atom is -0.334 e. The van der Waals surface area contributed by atoms with Gasteiger partial charge in [0.05, 0.1) is 6.04 Å². The van der Waals surface area contributed by atoms with Crippen molar-refractivity contribution in [2.45, 2.75) is 12.6 Å². The van der Waals surface area contributed by atoms with Gasteiger partial charge in [-0.15, -0.1) is 0 Å². The van der Waals surface area contributed by atoms with Crippen molar-refractivity contribution in [2.75, 3.05) is 51.3 Å². The summed E-state index contributed by atoms with van der Waals surface area (Å²) >= 11 is 2.05. The van der Waals surface area contributed by atoms with Crippen LogP contribution in [0, 0.1) is 0 Å². The molecule has 2 fully saturated rings. The highest BCUT2D eigenvalue weighted by Crippen LogP contribution is 2.23. The van der Waals surface area contributed by atoms with E-state index in [1.165, 1.54) is 30.2 Å². The summed E-state index contributed by atoms with van der Waals surface area (Å²) in [6.45, 7) is 6.26. The van der Waals surface area contributed by atoms with Crippen LogP contribution in [0.3, 0.4) is 0 Å². The van der Waals surface area contributed by atoms with E-state index in [4.69, 9.17) is 4.52 Å². The third-order valence-electron chi connectivity index (χ3n) is 4.96. The van der Waals surface area contributed by atoms with Crippen molar-refractivity contribution >= 4 is 11.8 Å². The lowest BCUT2D eigenvalue weighted by Gasteiger charge is -2.30. The lowest BCUT2D eigenvalue weighted by Crippen LogP contribution is -2.44. The molecule has 0 aliphatic carbocycles. The molecule has 25 heavy (non-hydrogen) atoms. The second-order valence-corrected chi connectivity index (χ2v) is 7.97. The SMILES string of the molecule is CN1CCNCC1c1noc(-c2ccc(CN3CCSCC3)cc2)n1. The summed E-state index contributed by atoms with van der Waals surface area (Å²) in [6, 6.07) is 8.72. The maximum atomic E-state index is 5.51. The molecule has 1 N–H and O–H groups in total. The van der Waals surface area contributed by atoms with Gasteiger partial charge in [0.25, 0.3) is 5.89 Å². The smallest absolute Gasteiger partial charge is 0.257 e. The lowest BCUT2D eigenvalue weighted by atomic mass is 10.1. The van der Waals surface area contributed by atoms with Crippen LogP contribution in [0.1, 0.15) is 17.4 Å². The molecule has 1 aromatic carbocycles. The van der Waals surface area contributed by atoms with Crippen LogP contribution in [0.25, 0.3) is 11.5 Å². The molecule has 0 saturated carbocycles. The molecule has 2 aromatic rings. The number of hydrogen-bond donors (Lipinski definition) is 1. The highest BCUT2D eigenvalue weighted by atomic mass is 32.2. The summed E-state index contributed by atoms with van der Waals surface area (Å²) in [7, 11) is 2.11. The Hall–Kier alpha value is -1.41. The number of likely N-dealkylation sites (N-methyl/N-ethyl adjacent to an activating group) is 1. The van der Waals surface area contributed by atoms with Crippen molar-refractivity contribution in [2.24, 2.45) is 0 Å². The molecule has 2 saturated heterocycles. The number of benzene rings is 1. The van der Waals surface area contributed by atoms with Gasteiger partial charge < -0.3 is 9.84 Å². The molecule has 2 aliphatic rings. The predicted molar refractivity (Wildman–Crippen MR) is 101 cm³/mol. The van der Waals surface area contributed by atoms with E-state index < -0.39 is 0 Å². The fourth-order valence-corrected chi connectivity index (χ4v) is 4.33. The third kappa shape index (κ3) is 4.06. The lowest BCUT2D eigenvalue weighted by molar-refractivity contribution is 0.190. The largest absolute Gasteiger partial charge is 0.334 e. The fourth-order valence-electron chi connectivity index (χ4n) is 3.35. The zero-order valence-electron chi connectivity index (χ0n) is 14.6. The van der Waals surface area contributed by atoms with Gasteiger partial charge in [-0.05, 0) is 24.7 Å². The summed E-state index contributed by atoms with van der Waals surface area (Å²) in [6.07, 6.45) is 0. The van der Waals surface area contributed by atoms with Crippen molar-refractivity contribution in [3.05, 3.63) is 35.7 Å². The Morgan fingerprint density at radius 2 is 2.00 bits per heavy atom. The second-order valence-electron chi connectivity index (χ2n) is 6.74. The number of hydrogen-bond acceptors (Lipinski definition) is 7. The van der Waals surface area contributed by atoms with Crippen molar-refractivity contribution in [3.63, 3.8) is 0 Å². The van der Waals surface area contributed by atoms with Crippen molar-refractivity contribution in [3.8, 4) is 11.5 Å². The van der Waals surface area contributed by atoms with Crippen molar-refractivity contribution in [1.29, 1.82) is 0 Å². The molecule has 0 bridgehead atoms. The van der Waals surface area contributed by atoms with E-state index in [0.29, 0.717) is 5.89 Å². The van der Waals surface area contributed by atoms with Crippen LogP contribution >= 0.6 is 11.8 Å². The quantitative estimate of drug-likeness (QED) is 0.894. The molecular weight excluding hydrogens is 334 g/mol. The molecular formula is C18H25N5OS. The van der Waals surface area contributed by atoms with Crippen LogP contribution in [-0.2, 0) is 6.54 Å². The highest BCUT2D eigenvalue weighted by Gasteiger charge is 2.25. The molecule has 4 rings (SSSR count). The summed E-state index contributed by atoms with van der Waals surface area (Å²) in [5, 5.41) is 7.59. The first-order valence-corrected chi connectivity index (χ1v) is 10.1. The van der Waals surface area contributed by atoms with Gasteiger partial charge in [-0.25, -0.2) is 0 Å². The molecule has 2 aliphatic heterocycles. The average molecular weight is 359 g/mol. The van der Waals surface area contributed by atoms with Crippen LogP contribution in [-0.4, -0.2) is 71.2 Å². The molecule has 0 radical (unpaired) electrons. The molecule has 1 aromatic heterocycles. The monoisotopic (exact) mass is 359 g/mol. The molecule has 7 heteroatoms. The normalized spacial score (nSPS) is 23.0. The van der Waals surface area contributed by atoms with E-state index in [0.717, 1.165) is 37.6 Å². The van der Waals surface area contributed by atoms with Crippen LogP contribution in [0.2, 0.25) is 0 Å². The summed E-state index contributed by atoms with van der Waals surface area (Å²) in [4.78, 5) is 9.41. The molecule has 3 heterocycles. The van der Waals surface area contributed by atoms with Gasteiger partial charge >= 0.3 is 0 Å². The number of nitrogens with one attached hydrogen (secondary N) is 1. The Bertz CT molecular complexity index is 683. The number of aromatic nitrogens is 2. The average Bonchev–Trinajstić information content (AvgIpc) is 3.13. The van der Waals surface area contributed by atoms with Gasteiger partial charge in [-0.1, -0.05) is 17.3 Å². The Kier molecular flexibility index (Phi) is 5.36. The summed E-state index contributed by atoms with van der Waals surface area (Å²) in [5.41, 5.74) is 2.33. The van der Waals surface area contributed by atoms with Crippen LogP contribution < -0.4 is 5.32 Å². The van der Waals surface area contributed by atoms with Gasteiger partial charge in [0.1, 0.15) is 0 Å². The minimum atomic E-state index is 0.183. The first kappa shape index (κ1) is 17.0. The molecule has 0 spiro atoms. The van der Waals surface area contributed by atoms with Crippen LogP contribution in [0.15, 0.2) is 28.8 Å². The van der Waals surface area contributed by atoms with Crippen LogP contribution in [0.5, 0.6) is 0 Å². The Morgan fingerprint density at radius 1 is 1.20 bits per heavy atom. The van der Waals surface area contributed by atoms with E-state index in [1.807, 2.05) is 11.8 Å². The maximum absolute atomic E-state index is 5.51. The van der Waals surface area contributed by atoms with E-state index >= 15 is 0 Å². The maximum Gasteiger partial charge on any atom is 0.257 e. The first-order valence-electron chi connectivity index (χ1n) is 8.93. The van der Waals surface area contributed by atoms with Crippen molar-refractivity contribution < 1.29 is 4.52 Å². The summed E-state index contributed by atoms with van der Waals surface area (Å²) in [5.74, 6) is 3.86. The number of piperazine rings is 1. The molecule has 1 unspecified atom stereocenters. The molecule has 6 nitrogen and oxygen atoms in total. The van der Waals surface area contributed by atoms with Gasteiger partial charge in [-0.2, -0.15) is 16.7 Å². The zero-order chi connectivity index (χ0) is 17.1. The molecule has 0 amide bonds. The second kappa shape index (κ2) is 7.86. The highest BCUT2D eigenvalue weighted by molar-refractivity contribution is 7.99. The van der Waals surface area contributed by atoms with E-state index in [1.54, 1.807) is 0 Å². The van der Waals surface area contributed by atoms with E-state index in [2.05, 4.69) is 56.6 Å².